The molecule has 3 rings (SSSR count). The molecule has 1 fully saturated rings. The number of ether oxygens (including phenoxy) is 2. The molecule has 8 nitrogen and oxygen atoms in total. The second-order valence-corrected chi connectivity index (χ2v) is 4.91. The Morgan fingerprint density at radius 3 is 2.76 bits per heavy atom. The maximum Gasteiger partial charge on any atom is 0.229 e. The number of nitrogens with zero attached hydrogens (tertiary/aromatic N) is 5. The van der Waals surface area contributed by atoms with E-state index in [0.29, 0.717) is 37.2 Å². The molecule has 0 saturated heterocycles. The van der Waals surface area contributed by atoms with E-state index in [1.165, 1.54) is 0 Å². The summed E-state index contributed by atoms with van der Waals surface area (Å²) in [4.78, 5) is 4.37. The van der Waals surface area contributed by atoms with Crippen molar-refractivity contribution in [1.82, 2.24) is 25.1 Å². The van der Waals surface area contributed by atoms with Gasteiger partial charge < -0.3 is 14.0 Å². The first kappa shape index (κ1) is 14.2. The van der Waals surface area contributed by atoms with Crippen LogP contribution in [0.5, 0.6) is 0 Å². The zero-order chi connectivity index (χ0) is 14.7. The Hall–Kier alpha value is -1.80. The molecular weight excluding hydrogens is 274 g/mol. The van der Waals surface area contributed by atoms with Crippen molar-refractivity contribution in [1.29, 1.82) is 0 Å². The third-order valence-electron chi connectivity index (χ3n) is 3.15. The van der Waals surface area contributed by atoms with Crippen molar-refractivity contribution in [2.24, 2.45) is 0 Å². The Kier molecular flexibility index (Phi) is 4.26. The first-order valence-corrected chi connectivity index (χ1v) is 7.25. The Morgan fingerprint density at radius 1 is 1.33 bits per heavy atom. The van der Waals surface area contributed by atoms with Crippen molar-refractivity contribution in [3.63, 3.8) is 0 Å². The van der Waals surface area contributed by atoms with Crippen molar-refractivity contribution in [2.45, 2.75) is 45.4 Å². The highest BCUT2D eigenvalue weighted by atomic mass is 16.7. The van der Waals surface area contributed by atoms with Crippen LogP contribution in [0.2, 0.25) is 0 Å². The molecule has 21 heavy (non-hydrogen) atoms. The molecule has 1 saturated carbocycles. The van der Waals surface area contributed by atoms with E-state index in [1.54, 1.807) is 10.9 Å². The zero-order valence-electron chi connectivity index (χ0n) is 12.2. The molecule has 0 aromatic carbocycles. The molecule has 2 heterocycles. The number of aromatic nitrogens is 5. The summed E-state index contributed by atoms with van der Waals surface area (Å²) in [5.74, 6) is 1.79. The molecule has 1 aliphatic rings. The maximum absolute atomic E-state index is 5.49. The molecule has 0 unspecified atom stereocenters. The van der Waals surface area contributed by atoms with E-state index in [4.69, 9.17) is 14.0 Å². The molecule has 2 aromatic rings. The summed E-state index contributed by atoms with van der Waals surface area (Å²) in [6.45, 7) is 5.35. The number of hydrogen-bond donors (Lipinski definition) is 0. The van der Waals surface area contributed by atoms with Gasteiger partial charge in [0.2, 0.25) is 12.2 Å². The van der Waals surface area contributed by atoms with Gasteiger partial charge in [-0.2, -0.15) is 4.98 Å². The van der Waals surface area contributed by atoms with Gasteiger partial charge >= 0.3 is 0 Å². The third kappa shape index (κ3) is 3.45. The van der Waals surface area contributed by atoms with Crippen molar-refractivity contribution in [3.8, 4) is 0 Å². The summed E-state index contributed by atoms with van der Waals surface area (Å²) in [6, 6.07) is 0. The molecule has 0 atom stereocenters. The zero-order valence-corrected chi connectivity index (χ0v) is 12.2. The second kappa shape index (κ2) is 6.31. The standard InChI is InChI=1S/C13H19N5O3/c1-3-19-13(20-4-2)10-7-18(17-15-10)8-11-14-12(21-16-11)9-5-6-9/h7,9,13H,3-6,8H2,1-2H3. The van der Waals surface area contributed by atoms with Crippen LogP contribution < -0.4 is 0 Å². The van der Waals surface area contributed by atoms with Gasteiger partial charge in [-0.3, -0.25) is 0 Å². The van der Waals surface area contributed by atoms with E-state index in [0.717, 1.165) is 18.7 Å². The van der Waals surface area contributed by atoms with Crippen LogP contribution >= 0.6 is 0 Å². The lowest BCUT2D eigenvalue weighted by atomic mass is 10.4. The minimum atomic E-state index is -0.485. The van der Waals surface area contributed by atoms with Crippen LogP contribution in [-0.4, -0.2) is 38.3 Å². The first-order valence-electron chi connectivity index (χ1n) is 7.25. The molecule has 0 spiro atoms. The van der Waals surface area contributed by atoms with Crippen LogP contribution in [0.15, 0.2) is 10.7 Å². The molecule has 0 N–H and O–H groups in total. The van der Waals surface area contributed by atoms with Crippen molar-refractivity contribution < 1.29 is 14.0 Å². The summed E-state index contributed by atoms with van der Waals surface area (Å²) < 4.78 is 17.9. The highest BCUT2D eigenvalue weighted by Crippen LogP contribution is 2.38. The van der Waals surface area contributed by atoms with Crippen LogP contribution in [0.3, 0.4) is 0 Å². The normalized spacial score (nSPS) is 15.0. The predicted molar refractivity (Wildman–Crippen MR) is 71.4 cm³/mol. The molecule has 114 valence electrons. The van der Waals surface area contributed by atoms with E-state index >= 15 is 0 Å². The van der Waals surface area contributed by atoms with Crippen LogP contribution in [0.25, 0.3) is 0 Å². The summed E-state index contributed by atoms with van der Waals surface area (Å²) in [6.07, 6.45) is 3.57. The highest BCUT2D eigenvalue weighted by molar-refractivity contribution is 5.02. The molecule has 1 aliphatic carbocycles. The fourth-order valence-electron chi connectivity index (χ4n) is 1.99. The molecular formula is C13H19N5O3. The van der Waals surface area contributed by atoms with Gasteiger partial charge in [0.15, 0.2) is 5.82 Å². The van der Waals surface area contributed by atoms with E-state index in [2.05, 4.69) is 20.5 Å². The number of hydrogen-bond acceptors (Lipinski definition) is 7. The SMILES string of the molecule is CCOC(OCC)c1cn(Cc2noc(C3CC3)n2)nn1. The largest absolute Gasteiger partial charge is 0.347 e. The Bertz CT molecular complexity index is 572. The second-order valence-electron chi connectivity index (χ2n) is 4.91. The lowest BCUT2D eigenvalue weighted by Crippen LogP contribution is -2.09. The van der Waals surface area contributed by atoms with Crippen LogP contribution in [0.4, 0.5) is 0 Å². The molecule has 0 aliphatic heterocycles. The predicted octanol–water partition coefficient (Wildman–Crippen LogP) is 1.66. The third-order valence-corrected chi connectivity index (χ3v) is 3.15. The lowest BCUT2D eigenvalue weighted by molar-refractivity contribution is -0.142. The van der Waals surface area contributed by atoms with Gasteiger partial charge in [-0.15, -0.1) is 5.10 Å². The average molecular weight is 293 g/mol. The maximum atomic E-state index is 5.49. The summed E-state index contributed by atoms with van der Waals surface area (Å²) >= 11 is 0. The van der Waals surface area contributed by atoms with E-state index < -0.39 is 6.29 Å². The molecule has 0 radical (unpaired) electrons. The Morgan fingerprint density at radius 2 is 2.10 bits per heavy atom. The Balaban J connectivity index is 1.65. The minimum absolute atomic E-state index is 0.425. The molecule has 0 amide bonds. The van der Waals surface area contributed by atoms with Gasteiger partial charge in [0.25, 0.3) is 0 Å². The van der Waals surface area contributed by atoms with Crippen LogP contribution in [0, 0.1) is 0 Å². The summed E-state index contributed by atoms with van der Waals surface area (Å²) in [5, 5.41) is 12.1. The van der Waals surface area contributed by atoms with Gasteiger partial charge in [0, 0.05) is 19.1 Å². The highest BCUT2D eigenvalue weighted by Gasteiger charge is 2.29. The lowest BCUT2D eigenvalue weighted by Gasteiger charge is -2.13. The van der Waals surface area contributed by atoms with Crippen molar-refractivity contribution in [3.05, 3.63) is 23.6 Å². The molecule has 0 bridgehead atoms. The van der Waals surface area contributed by atoms with Crippen molar-refractivity contribution in [2.75, 3.05) is 13.2 Å². The monoisotopic (exact) mass is 293 g/mol. The minimum Gasteiger partial charge on any atom is -0.347 e. The van der Waals surface area contributed by atoms with Gasteiger partial charge in [0.1, 0.15) is 12.2 Å². The average Bonchev–Trinajstić information content (AvgIpc) is 3.05. The first-order chi connectivity index (χ1) is 10.3. The van der Waals surface area contributed by atoms with Gasteiger partial charge in [-0.1, -0.05) is 10.4 Å². The number of rotatable bonds is 8. The summed E-state index contributed by atoms with van der Waals surface area (Å²) in [7, 11) is 0. The van der Waals surface area contributed by atoms with Gasteiger partial charge in [0.05, 0.1) is 6.20 Å². The van der Waals surface area contributed by atoms with E-state index in [-0.39, 0.29) is 0 Å². The summed E-state index contributed by atoms with van der Waals surface area (Å²) in [5.41, 5.74) is 0.643. The van der Waals surface area contributed by atoms with Gasteiger partial charge in [-0.25, -0.2) is 4.68 Å². The van der Waals surface area contributed by atoms with E-state index in [9.17, 15) is 0 Å². The smallest absolute Gasteiger partial charge is 0.229 e. The topological polar surface area (TPSA) is 88.1 Å². The van der Waals surface area contributed by atoms with Crippen molar-refractivity contribution >= 4 is 0 Å². The molecule has 2 aromatic heterocycles. The van der Waals surface area contributed by atoms with Gasteiger partial charge in [-0.05, 0) is 26.7 Å². The fourth-order valence-corrected chi connectivity index (χ4v) is 1.99. The van der Waals surface area contributed by atoms with Crippen LogP contribution in [0.1, 0.15) is 56.3 Å². The quantitative estimate of drug-likeness (QED) is 0.684. The van der Waals surface area contributed by atoms with E-state index in [1.807, 2.05) is 13.8 Å². The fraction of sp³-hybridized carbons (Fsp3) is 0.692. The molecule has 8 heteroatoms. The van der Waals surface area contributed by atoms with Crippen LogP contribution in [-0.2, 0) is 16.0 Å². The Labute approximate surface area is 122 Å².